The van der Waals surface area contributed by atoms with E-state index in [4.69, 9.17) is 0 Å². The molecule has 2 aromatic rings. The first kappa shape index (κ1) is 17.7. The van der Waals surface area contributed by atoms with E-state index in [0.717, 1.165) is 68.2 Å². The highest BCUT2D eigenvalue weighted by atomic mass is 16.3. The molecule has 7 nitrogen and oxygen atoms in total. The van der Waals surface area contributed by atoms with E-state index in [1.165, 1.54) is 12.8 Å². The molecule has 2 aromatic heterocycles. The van der Waals surface area contributed by atoms with Gasteiger partial charge in [0.15, 0.2) is 17.0 Å². The van der Waals surface area contributed by atoms with E-state index in [-0.39, 0.29) is 12.1 Å². The van der Waals surface area contributed by atoms with Crippen LogP contribution in [0.3, 0.4) is 0 Å². The second kappa shape index (κ2) is 7.48. The van der Waals surface area contributed by atoms with Crippen LogP contribution in [0.5, 0.6) is 0 Å². The molecule has 0 aromatic carbocycles. The molecule has 1 aliphatic heterocycles. The first-order chi connectivity index (χ1) is 12.6. The molecule has 1 saturated carbocycles. The van der Waals surface area contributed by atoms with Crippen LogP contribution in [0.25, 0.3) is 11.2 Å². The van der Waals surface area contributed by atoms with Crippen molar-refractivity contribution in [2.75, 3.05) is 38.6 Å². The molecule has 1 saturated heterocycles. The minimum Gasteiger partial charge on any atom is -0.393 e. The van der Waals surface area contributed by atoms with E-state index in [1.54, 1.807) is 6.33 Å². The first-order valence-corrected chi connectivity index (χ1v) is 9.87. The Morgan fingerprint density at radius 3 is 2.65 bits per heavy atom. The molecule has 0 spiro atoms. The Balaban J connectivity index is 1.54. The van der Waals surface area contributed by atoms with Crippen LogP contribution in [0.4, 0.5) is 5.82 Å². The standard InChI is InChI=1S/C19H30N6O/c1-23(2)11-14-6-8-24(9-7-14)18-17-19(21-12-20-18)25(13-22-17)15-4-3-5-16(26)10-15/h12-16,26H,3-11H2,1-2H3. The molecule has 142 valence electrons. The number of anilines is 1. The molecule has 26 heavy (non-hydrogen) atoms. The van der Waals surface area contributed by atoms with Gasteiger partial charge in [-0.3, -0.25) is 0 Å². The van der Waals surface area contributed by atoms with Crippen molar-refractivity contribution in [3.8, 4) is 0 Å². The highest BCUT2D eigenvalue weighted by molar-refractivity contribution is 5.83. The summed E-state index contributed by atoms with van der Waals surface area (Å²) < 4.78 is 2.15. The van der Waals surface area contributed by atoms with Crippen LogP contribution in [0.15, 0.2) is 12.7 Å². The molecule has 2 atom stereocenters. The van der Waals surface area contributed by atoms with Crippen molar-refractivity contribution in [2.24, 2.45) is 5.92 Å². The van der Waals surface area contributed by atoms with Gasteiger partial charge in [0.05, 0.1) is 12.4 Å². The average molecular weight is 358 g/mol. The van der Waals surface area contributed by atoms with Gasteiger partial charge in [0, 0.05) is 25.7 Å². The topological polar surface area (TPSA) is 70.3 Å². The maximum atomic E-state index is 10.0. The summed E-state index contributed by atoms with van der Waals surface area (Å²) in [5, 5.41) is 10.0. The van der Waals surface area contributed by atoms with Gasteiger partial charge < -0.3 is 19.5 Å². The van der Waals surface area contributed by atoms with E-state index >= 15 is 0 Å². The number of aromatic nitrogens is 4. The van der Waals surface area contributed by atoms with Gasteiger partial charge >= 0.3 is 0 Å². The lowest BCUT2D eigenvalue weighted by atomic mass is 9.93. The van der Waals surface area contributed by atoms with Crippen LogP contribution in [-0.4, -0.2) is 69.4 Å². The third kappa shape index (κ3) is 3.55. The second-order valence-electron chi connectivity index (χ2n) is 8.19. The highest BCUT2D eigenvalue weighted by Gasteiger charge is 2.26. The molecule has 1 N–H and O–H groups in total. The fourth-order valence-electron chi connectivity index (χ4n) is 4.57. The van der Waals surface area contributed by atoms with E-state index in [1.807, 2.05) is 6.33 Å². The number of imidazole rings is 1. The van der Waals surface area contributed by atoms with Gasteiger partial charge in [0.1, 0.15) is 6.33 Å². The summed E-state index contributed by atoms with van der Waals surface area (Å²) in [6.07, 6.45) is 9.58. The van der Waals surface area contributed by atoms with E-state index in [9.17, 15) is 5.11 Å². The van der Waals surface area contributed by atoms with Crippen molar-refractivity contribution >= 4 is 17.0 Å². The minimum atomic E-state index is -0.205. The average Bonchev–Trinajstić information content (AvgIpc) is 3.06. The van der Waals surface area contributed by atoms with Crippen LogP contribution >= 0.6 is 0 Å². The lowest BCUT2D eigenvalue weighted by Crippen LogP contribution is -2.37. The van der Waals surface area contributed by atoms with Crippen molar-refractivity contribution in [2.45, 2.75) is 50.7 Å². The van der Waals surface area contributed by atoms with Crippen LogP contribution < -0.4 is 4.90 Å². The third-order valence-electron chi connectivity index (χ3n) is 5.89. The Bertz CT molecular complexity index is 737. The molecular formula is C19H30N6O. The number of fused-ring (bicyclic) bond motifs is 1. The normalized spacial score (nSPS) is 25.3. The zero-order valence-electron chi connectivity index (χ0n) is 15.9. The quantitative estimate of drug-likeness (QED) is 0.902. The van der Waals surface area contributed by atoms with E-state index in [0.29, 0.717) is 0 Å². The largest absolute Gasteiger partial charge is 0.393 e. The lowest BCUT2D eigenvalue weighted by Gasteiger charge is -2.34. The summed E-state index contributed by atoms with van der Waals surface area (Å²) in [7, 11) is 4.30. The van der Waals surface area contributed by atoms with Gasteiger partial charge in [-0.2, -0.15) is 0 Å². The predicted octanol–water partition coefficient (Wildman–Crippen LogP) is 2.08. The molecule has 2 fully saturated rings. The lowest BCUT2D eigenvalue weighted by molar-refractivity contribution is 0.105. The van der Waals surface area contributed by atoms with Gasteiger partial charge in [-0.15, -0.1) is 0 Å². The van der Waals surface area contributed by atoms with Crippen LogP contribution in [0, 0.1) is 5.92 Å². The van der Waals surface area contributed by atoms with Gasteiger partial charge in [0.2, 0.25) is 0 Å². The molecule has 2 unspecified atom stereocenters. The number of nitrogens with zero attached hydrogens (tertiary/aromatic N) is 6. The zero-order valence-corrected chi connectivity index (χ0v) is 15.9. The van der Waals surface area contributed by atoms with Crippen molar-refractivity contribution in [3.63, 3.8) is 0 Å². The van der Waals surface area contributed by atoms with Crippen LogP contribution in [0.2, 0.25) is 0 Å². The molecule has 0 amide bonds. The predicted molar refractivity (Wildman–Crippen MR) is 102 cm³/mol. The number of piperidine rings is 1. The number of hydrogen-bond donors (Lipinski definition) is 1. The number of rotatable bonds is 4. The molecule has 0 bridgehead atoms. The van der Waals surface area contributed by atoms with Gasteiger partial charge in [-0.25, -0.2) is 15.0 Å². The number of hydrogen-bond acceptors (Lipinski definition) is 6. The summed E-state index contributed by atoms with van der Waals surface area (Å²) in [6, 6.07) is 0.289. The van der Waals surface area contributed by atoms with Crippen molar-refractivity contribution in [1.29, 1.82) is 0 Å². The summed E-state index contributed by atoms with van der Waals surface area (Å²) in [5.41, 5.74) is 1.81. The van der Waals surface area contributed by atoms with Gasteiger partial charge in [0.25, 0.3) is 0 Å². The Kier molecular flexibility index (Phi) is 5.09. The summed E-state index contributed by atoms with van der Waals surface area (Å²) in [4.78, 5) is 18.4. The molecular weight excluding hydrogens is 328 g/mol. The Morgan fingerprint density at radius 2 is 1.92 bits per heavy atom. The van der Waals surface area contributed by atoms with Crippen LogP contribution in [-0.2, 0) is 0 Å². The number of aliphatic hydroxyl groups excluding tert-OH is 1. The summed E-state index contributed by atoms with van der Waals surface area (Å²) in [6.45, 7) is 3.21. The van der Waals surface area contributed by atoms with Crippen molar-refractivity contribution < 1.29 is 5.11 Å². The van der Waals surface area contributed by atoms with E-state index in [2.05, 4.69) is 43.4 Å². The minimum absolute atomic E-state index is 0.205. The van der Waals surface area contributed by atoms with Gasteiger partial charge in [-0.1, -0.05) is 0 Å². The Morgan fingerprint density at radius 1 is 1.12 bits per heavy atom. The molecule has 1 aliphatic carbocycles. The number of aliphatic hydroxyl groups is 1. The van der Waals surface area contributed by atoms with Crippen molar-refractivity contribution in [3.05, 3.63) is 12.7 Å². The Hall–Kier alpha value is -1.73. The first-order valence-electron chi connectivity index (χ1n) is 9.87. The maximum absolute atomic E-state index is 10.0. The maximum Gasteiger partial charge on any atom is 0.165 e. The molecule has 7 heteroatoms. The molecule has 4 rings (SSSR count). The smallest absolute Gasteiger partial charge is 0.165 e. The molecule has 3 heterocycles. The SMILES string of the molecule is CN(C)CC1CCN(c2ncnc3c2ncn3C2CCCC(O)C2)CC1. The monoisotopic (exact) mass is 358 g/mol. The molecule has 2 aliphatic rings. The van der Waals surface area contributed by atoms with Crippen LogP contribution in [0.1, 0.15) is 44.6 Å². The highest BCUT2D eigenvalue weighted by Crippen LogP contribution is 2.33. The van der Waals surface area contributed by atoms with Crippen molar-refractivity contribution in [1.82, 2.24) is 24.4 Å². The third-order valence-corrected chi connectivity index (χ3v) is 5.89. The molecule has 0 radical (unpaired) electrons. The van der Waals surface area contributed by atoms with E-state index < -0.39 is 0 Å². The van der Waals surface area contributed by atoms with Gasteiger partial charge in [-0.05, 0) is 58.5 Å². The zero-order chi connectivity index (χ0) is 18.1. The summed E-state index contributed by atoms with van der Waals surface area (Å²) in [5.74, 6) is 1.73. The second-order valence-corrected chi connectivity index (χ2v) is 8.19. The fourth-order valence-corrected chi connectivity index (χ4v) is 4.57. The Labute approximate surface area is 155 Å². The summed E-state index contributed by atoms with van der Waals surface area (Å²) >= 11 is 0. The fraction of sp³-hybridized carbons (Fsp3) is 0.737.